The Bertz CT molecular complexity index is 1210. The molecule has 1 saturated heterocycles. The van der Waals surface area contributed by atoms with Crippen LogP contribution in [0.4, 0.5) is 4.39 Å². The van der Waals surface area contributed by atoms with Gasteiger partial charge in [0.2, 0.25) is 0 Å². The maximum absolute atomic E-state index is 14.1. The predicted octanol–water partition coefficient (Wildman–Crippen LogP) is 2.52. The van der Waals surface area contributed by atoms with E-state index in [1.165, 1.54) is 17.4 Å². The number of aromatic amines is 2. The summed E-state index contributed by atoms with van der Waals surface area (Å²) in [5.41, 5.74) is 2.24. The quantitative estimate of drug-likeness (QED) is 0.475. The second-order valence-electron chi connectivity index (χ2n) is 6.77. The minimum Gasteiger partial charge on any atom is -0.457 e. The summed E-state index contributed by atoms with van der Waals surface area (Å²) in [4.78, 5) is 23.4. The maximum atomic E-state index is 14.1. The lowest BCUT2D eigenvalue weighted by molar-refractivity contribution is 0.0666. The van der Waals surface area contributed by atoms with Crippen molar-refractivity contribution in [3.8, 4) is 28.0 Å². The number of fused-ring (bicyclic) bond motifs is 1. The van der Waals surface area contributed by atoms with Crippen LogP contribution in [0.2, 0.25) is 0 Å². The largest absolute Gasteiger partial charge is 0.457 e. The van der Waals surface area contributed by atoms with Gasteiger partial charge < -0.3 is 10.1 Å². The van der Waals surface area contributed by atoms with E-state index in [0.29, 0.717) is 30.9 Å². The summed E-state index contributed by atoms with van der Waals surface area (Å²) in [5, 5.41) is 14.0. The first-order valence-corrected chi connectivity index (χ1v) is 10.1. The van der Waals surface area contributed by atoms with Crippen LogP contribution in [0.15, 0.2) is 40.6 Å². The molecule has 0 bridgehead atoms. The molecule has 1 aromatic carbocycles. The van der Waals surface area contributed by atoms with Crippen molar-refractivity contribution in [2.75, 3.05) is 13.1 Å². The van der Waals surface area contributed by atoms with Crippen LogP contribution in [-0.2, 0) is 0 Å². The molecule has 1 fully saturated rings. The molecule has 0 saturated carbocycles. The highest BCUT2D eigenvalue weighted by Crippen LogP contribution is 2.30. The van der Waals surface area contributed by atoms with E-state index < -0.39 is 17.8 Å². The standard InChI is InChI=1S/C19H17FN6O2S/c20-12-3-4-21-9-15(12)28-19-23-14(8-16(27)24-19)17-11-7-10(18-22-5-6-29-18)1-2-13(11)25-26-17/h1-2,5-8,12,15,21H,3-4,9H2,(H,25,26)(H,23,24,27). The summed E-state index contributed by atoms with van der Waals surface area (Å²) in [7, 11) is 0. The number of aromatic nitrogens is 5. The van der Waals surface area contributed by atoms with Crippen molar-refractivity contribution >= 4 is 22.2 Å². The van der Waals surface area contributed by atoms with Gasteiger partial charge >= 0.3 is 0 Å². The van der Waals surface area contributed by atoms with Crippen LogP contribution in [0.5, 0.6) is 6.01 Å². The Balaban J connectivity index is 1.53. The molecule has 10 heteroatoms. The van der Waals surface area contributed by atoms with Crippen LogP contribution in [-0.4, -0.2) is 50.5 Å². The Morgan fingerprint density at radius 1 is 1.28 bits per heavy atom. The highest BCUT2D eigenvalue weighted by Gasteiger charge is 2.27. The van der Waals surface area contributed by atoms with Crippen LogP contribution in [0.3, 0.4) is 0 Å². The Kier molecular flexibility index (Phi) is 4.57. The van der Waals surface area contributed by atoms with E-state index in [1.807, 2.05) is 23.6 Å². The van der Waals surface area contributed by atoms with Gasteiger partial charge in [-0.05, 0) is 31.2 Å². The molecule has 0 radical (unpaired) electrons. The molecule has 4 aromatic rings. The minimum absolute atomic E-state index is 0.0175. The predicted molar refractivity (Wildman–Crippen MR) is 108 cm³/mol. The first kappa shape index (κ1) is 18.0. The fraction of sp³-hybridized carbons (Fsp3) is 0.263. The van der Waals surface area contributed by atoms with Crippen molar-refractivity contribution in [2.45, 2.75) is 18.7 Å². The third-order valence-electron chi connectivity index (χ3n) is 4.81. The first-order chi connectivity index (χ1) is 14.2. The number of hydrogen-bond donors (Lipinski definition) is 3. The van der Waals surface area contributed by atoms with Crippen molar-refractivity contribution in [1.29, 1.82) is 0 Å². The van der Waals surface area contributed by atoms with Gasteiger partial charge in [-0.1, -0.05) is 0 Å². The zero-order valence-corrected chi connectivity index (χ0v) is 16.0. The summed E-state index contributed by atoms with van der Waals surface area (Å²) in [6.07, 6.45) is 0.297. The van der Waals surface area contributed by atoms with Crippen LogP contribution < -0.4 is 15.6 Å². The molecule has 5 rings (SSSR count). The number of halogens is 1. The molecule has 3 N–H and O–H groups in total. The summed E-state index contributed by atoms with van der Waals surface area (Å²) in [6, 6.07) is 7.16. The fourth-order valence-corrected chi connectivity index (χ4v) is 4.01. The highest BCUT2D eigenvalue weighted by molar-refractivity contribution is 7.13. The molecular formula is C19H17FN6O2S. The van der Waals surface area contributed by atoms with Gasteiger partial charge in [-0.15, -0.1) is 11.3 Å². The number of nitrogens with zero attached hydrogens (tertiary/aromatic N) is 3. The molecule has 0 aliphatic carbocycles. The minimum atomic E-state index is -1.11. The number of piperidine rings is 1. The summed E-state index contributed by atoms with van der Waals surface area (Å²) in [6.45, 7) is 0.962. The number of benzene rings is 1. The molecule has 2 unspecified atom stereocenters. The van der Waals surface area contributed by atoms with Gasteiger partial charge in [0, 0.05) is 35.1 Å². The Morgan fingerprint density at radius 3 is 3.03 bits per heavy atom. The van der Waals surface area contributed by atoms with Gasteiger partial charge in [0.15, 0.2) is 0 Å². The number of H-pyrrole nitrogens is 2. The van der Waals surface area contributed by atoms with Crippen molar-refractivity contribution in [3.05, 3.63) is 46.2 Å². The second kappa shape index (κ2) is 7.37. The molecule has 1 aliphatic heterocycles. The average molecular weight is 412 g/mol. The normalized spacial score (nSPS) is 19.5. The maximum Gasteiger partial charge on any atom is 0.297 e. The third-order valence-corrected chi connectivity index (χ3v) is 5.64. The number of nitrogens with one attached hydrogen (secondary N) is 3. The molecule has 0 amide bonds. The van der Waals surface area contributed by atoms with Crippen LogP contribution in [0.1, 0.15) is 6.42 Å². The smallest absolute Gasteiger partial charge is 0.297 e. The third kappa shape index (κ3) is 3.52. The first-order valence-electron chi connectivity index (χ1n) is 9.18. The number of ether oxygens (including phenoxy) is 1. The molecule has 8 nitrogen and oxygen atoms in total. The summed E-state index contributed by atoms with van der Waals surface area (Å²) >= 11 is 1.54. The summed E-state index contributed by atoms with van der Waals surface area (Å²) < 4.78 is 19.7. The van der Waals surface area contributed by atoms with Gasteiger partial charge in [-0.25, -0.2) is 9.37 Å². The van der Waals surface area contributed by atoms with E-state index in [0.717, 1.165) is 21.5 Å². The van der Waals surface area contributed by atoms with E-state index in [4.69, 9.17) is 4.74 Å². The molecule has 3 aromatic heterocycles. The lowest BCUT2D eigenvalue weighted by Crippen LogP contribution is -2.45. The molecule has 0 spiro atoms. The zero-order chi connectivity index (χ0) is 19.8. The van der Waals surface area contributed by atoms with Crippen LogP contribution in [0.25, 0.3) is 32.9 Å². The zero-order valence-electron chi connectivity index (χ0n) is 15.2. The van der Waals surface area contributed by atoms with E-state index >= 15 is 0 Å². The number of alkyl halides is 1. The lowest BCUT2D eigenvalue weighted by Gasteiger charge is -2.26. The molecule has 1 aliphatic rings. The van der Waals surface area contributed by atoms with Crippen molar-refractivity contribution in [3.63, 3.8) is 0 Å². The van der Waals surface area contributed by atoms with Gasteiger partial charge in [0.05, 0.1) is 5.52 Å². The number of hydrogen-bond acceptors (Lipinski definition) is 7. The monoisotopic (exact) mass is 412 g/mol. The van der Waals surface area contributed by atoms with E-state index in [9.17, 15) is 9.18 Å². The van der Waals surface area contributed by atoms with Gasteiger partial charge in [-0.3, -0.25) is 14.9 Å². The number of rotatable bonds is 4. The Labute approximate surface area is 168 Å². The molecular weight excluding hydrogens is 395 g/mol. The average Bonchev–Trinajstić information content (AvgIpc) is 3.39. The molecule has 2 atom stereocenters. The topological polar surface area (TPSA) is 109 Å². The van der Waals surface area contributed by atoms with Gasteiger partial charge in [-0.2, -0.15) is 10.1 Å². The van der Waals surface area contributed by atoms with E-state index in [-0.39, 0.29) is 6.01 Å². The lowest BCUT2D eigenvalue weighted by atomic mass is 10.1. The molecule has 4 heterocycles. The van der Waals surface area contributed by atoms with Crippen molar-refractivity contribution in [2.24, 2.45) is 0 Å². The van der Waals surface area contributed by atoms with Crippen LogP contribution in [0, 0.1) is 0 Å². The molecule has 29 heavy (non-hydrogen) atoms. The van der Waals surface area contributed by atoms with Crippen molar-refractivity contribution < 1.29 is 9.13 Å². The SMILES string of the molecule is O=c1cc(-c2n[nH]c3ccc(-c4nccs4)cc23)nc(OC2CNCCC2F)[nH]1. The fourth-order valence-electron chi connectivity index (χ4n) is 3.38. The summed E-state index contributed by atoms with van der Waals surface area (Å²) in [5.74, 6) is 0. The van der Waals surface area contributed by atoms with Gasteiger partial charge in [0.25, 0.3) is 11.6 Å². The van der Waals surface area contributed by atoms with Crippen LogP contribution >= 0.6 is 11.3 Å². The van der Waals surface area contributed by atoms with E-state index in [2.05, 4.69) is 30.5 Å². The van der Waals surface area contributed by atoms with E-state index in [1.54, 1.807) is 6.20 Å². The Morgan fingerprint density at radius 2 is 2.21 bits per heavy atom. The second-order valence-corrected chi connectivity index (χ2v) is 7.67. The Hall–Kier alpha value is -3.11. The van der Waals surface area contributed by atoms with Crippen molar-refractivity contribution in [1.82, 2.24) is 30.5 Å². The number of thiazole rings is 1. The van der Waals surface area contributed by atoms with Gasteiger partial charge in [0.1, 0.15) is 28.7 Å². The highest BCUT2D eigenvalue weighted by atomic mass is 32.1. The molecule has 148 valence electrons.